The largest absolute Gasteiger partial charge is 0.449 e. The van der Waals surface area contributed by atoms with Gasteiger partial charge in [-0.2, -0.15) is 9.97 Å². The van der Waals surface area contributed by atoms with Crippen molar-refractivity contribution in [3.05, 3.63) is 11.6 Å². The number of nitrogens with one attached hydrogen (secondary N) is 1. The number of unbranched alkanes of at least 4 members (excludes halogenated alkanes) is 9. The highest BCUT2D eigenvalue weighted by atomic mass is 35.5. The predicted octanol–water partition coefficient (Wildman–Crippen LogP) is 4.36. The van der Waals surface area contributed by atoms with Crippen LogP contribution in [0.2, 0.25) is 5.28 Å². The van der Waals surface area contributed by atoms with Gasteiger partial charge in [-0.05, 0) is 24.4 Å². The average molecular weight is 670 g/mol. The first-order chi connectivity index (χ1) is 20.3. The maximum atomic E-state index is 12.4. The monoisotopic (exact) mass is 669 g/mol. The van der Waals surface area contributed by atoms with Crippen LogP contribution in [-0.2, 0) is 18.6 Å². The molecule has 0 spiro atoms. The number of anilines is 1. The maximum Gasteiger partial charge on any atom is 0.412 e. The number of aliphatic hydroxyl groups is 2. The minimum absolute atomic E-state index is 0.0370. The molecule has 15 nitrogen and oxygen atoms in total. The highest BCUT2D eigenvalue weighted by molar-refractivity contribution is 7.72. The van der Waals surface area contributed by atoms with Gasteiger partial charge in [-0.1, -0.05) is 64.7 Å². The van der Waals surface area contributed by atoms with Crippen molar-refractivity contribution in [2.75, 3.05) is 24.0 Å². The number of hydrogen-bond donors (Lipinski definition) is 6. The number of nitrogens with zero attached hydrogens (tertiary/aromatic N) is 4. The number of fused-ring (bicyclic) bond motifs is 1. The van der Waals surface area contributed by atoms with Crippen molar-refractivity contribution in [2.45, 2.75) is 102 Å². The molecule has 2 aromatic rings. The molecular weight excluding hydrogens is 628 g/mol. The van der Waals surface area contributed by atoms with Crippen LogP contribution in [0.3, 0.4) is 0 Å². The molecule has 3 heterocycles. The zero-order valence-electron chi connectivity index (χ0n) is 24.1. The van der Waals surface area contributed by atoms with Gasteiger partial charge >= 0.3 is 13.7 Å². The molecule has 1 aliphatic heterocycles. The van der Waals surface area contributed by atoms with E-state index in [1.54, 1.807) is 0 Å². The Labute approximate surface area is 255 Å². The number of carbonyl (C=O) groups excluding carboxylic acids is 1. The van der Waals surface area contributed by atoms with Gasteiger partial charge in [-0.3, -0.25) is 19.0 Å². The summed E-state index contributed by atoms with van der Waals surface area (Å²) in [5, 5.41) is 23.4. The van der Waals surface area contributed by atoms with Crippen LogP contribution in [0.5, 0.6) is 0 Å². The fourth-order valence-corrected chi connectivity index (χ4v) is 8.63. The molecular formula is C25H42ClN5O10P2. The third-order valence-corrected chi connectivity index (χ3v) is 11.5. The number of aliphatic hydroxyl groups excluding tert-OH is 2. The van der Waals surface area contributed by atoms with E-state index in [-0.39, 0.29) is 35.3 Å². The highest BCUT2D eigenvalue weighted by Crippen LogP contribution is 2.55. The molecule has 2 aromatic heterocycles. The molecule has 1 amide bonds. The maximum absolute atomic E-state index is 12.4. The summed E-state index contributed by atoms with van der Waals surface area (Å²) in [4.78, 5) is 52.7. The van der Waals surface area contributed by atoms with Gasteiger partial charge in [0.15, 0.2) is 23.2 Å². The van der Waals surface area contributed by atoms with Crippen LogP contribution in [0.15, 0.2) is 6.33 Å². The van der Waals surface area contributed by atoms with Crippen molar-refractivity contribution in [2.24, 2.45) is 0 Å². The second-order valence-electron chi connectivity index (χ2n) is 10.8. The smallest absolute Gasteiger partial charge is 0.412 e. The molecule has 0 saturated carbocycles. The van der Waals surface area contributed by atoms with E-state index in [4.69, 9.17) is 30.9 Å². The van der Waals surface area contributed by atoms with Gasteiger partial charge < -0.3 is 34.4 Å². The predicted molar refractivity (Wildman–Crippen MR) is 159 cm³/mol. The lowest BCUT2D eigenvalue weighted by molar-refractivity contribution is -0.0354. The summed E-state index contributed by atoms with van der Waals surface area (Å²) in [6.45, 7) is 2.43. The number of aromatic nitrogens is 4. The summed E-state index contributed by atoms with van der Waals surface area (Å²) in [5.41, 5.74) is 0.173. The van der Waals surface area contributed by atoms with Crippen molar-refractivity contribution in [1.29, 1.82) is 0 Å². The fraction of sp³-hybridized carbons (Fsp3) is 0.760. The second-order valence-corrected chi connectivity index (χ2v) is 15.8. The first-order valence-corrected chi connectivity index (χ1v) is 18.7. The molecule has 0 radical (unpaired) electrons. The molecule has 6 N–H and O–H groups in total. The van der Waals surface area contributed by atoms with Gasteiger partial charge in [-0.25, -0.2) is 9.78 Å². The molecule has 1 saturated heterocycles. The van der Waals surface area contributed by atoms with Gasteiger partial charge in [0.2, 0.25) is 12.7 Å². The van der Waals surface area contributed by atoms with E-state index < -0.39 is 57.7 Å². The van der Waals surface area contributed by atoms with Gasteiger partial charge in [0.1, 0.15) is 18.1 Å². The Kier molecular flexibility index (Phi) is 13.8. The summed E-state index contributed by atoms with van der Waals surface area (Å²) in [6, 6.07) is 0. The normalized spacial score (nSPS) is 22.1. The van der Waals surface area contributed by atoms with Crippen LogP contribution >= 0.6 is 26.6 Å². The minimum Gasteiger partial charge on any atom is -0.449 e. The van der Waals surface area contributed by atoms with Crippen molar-refractivity contribution in [3.63, 3.8) is 0 Å². The SMILES string of the molecule is CCCCCCCCCCCCOC(=O)Nc1nc(Cl)nc2c1ncn2[C@@H]1O[C@H](CCP(=O)(O)CP(=O)(O)O)[C@H](O)C1O. The van der Waals surface area contributed by atoms with Crippen LogP contribution in [0.1, 0.15) is 83.8 Å². The van der Waals surface area contributed by atoms with Gasteiger partial charge in [-0.15, -0.1) is 0 Å². The first-order valence-electron chi connectivity index (χ1n) is 14.5. The Morgan fingerprint density at radius 2 is 1.65 bits per heavy atom. The molecule has 1 fully saturated rings. The molecule has 5 atom stereocenters. The molecule has 3 rings (SSSR count). The standard InChI is InChI=1S/C25H42ClN5O10P2/c1-2-3-4-5-6-7-8-9-10-11-13-40-25(34)29-21-18-22(30-24(26)28-21)31(15-27-18)23-20(33)19(32)17(41-23)12-14-42(35,36)16-43(37,38)39/h15,17,19-20,23,32-33H,2-14,16H2,1H3,(H,35,36)(H2,37,38,39)(H,28,29,30,34)/t17-,19+,20?,23-/m1/s1. The number of halogens is 1. The van der Waals surface area contributed by atoms with E-state index >= 15 is 0 Å². The van der Waals surface area contributed by atoms with Crippen LogP contribution in [0, 0.1) is 0 Å². The third kappa shape index (κ3) is 11.3. The molecule has 2 unspecified atom stereocenters. The van der Waals surface area contributed by atoms with Crippen molar-refractivity contribution >= 4 is 49.6 Å². The fourth-order valence-electron chi connectivity index (χ4n) is 4.94. The van der Waals surface area contributed by atoms with Gasteiger partial charge in [0.05, 0.1) is 19.0 Å². The quantitative estimate of drug-likeness (QED) is 0.0737. The second kappa shape index (κ2) is 16.6. The summed E-state index contributed by atoms with van der Waals surface area (Å²) in [5.74, 6) is -1.24. The van der Waals surface area contributed by atoms with Crippen LogP contribution < -0.4 is 5.32 Å². The lowest BCUT2D eigenvalue weighted by Gasteiger charge is -2.18. The van der Waals surface area contributed by atoms with E-state index in [9.17, 15) is 29.0 Å². The molecule has 18 heteroatoms. The molecule has 0 aromatic carbocycles. The van der Waals surface area contributed by atoms with Crippen molar-refractivity contribution in [3.8, 4) is 0 Å². The topological polar surface area (TPSA) is 226 Å². The summed E-state index contributed by atoms with van der Waals surface area (Å²) < 4.78 is 35.6. The number of ether oxygens (including phenoxy) is 2. The zero-order valence-corrected chi connectivity index (χ0v) is 26.7. The summed E-state index contributed by atoms with van der Waals surface area (Å²) >= 11 is 6.08. The number of amides is 1. The molecule has 0 bridgehead atoms. The van der Waals surface area contributed by atoms with E-state index in [1.807, 2.05) is 0 Å². The summed E-state index contributed by atoms with van der Waals surface area (Å²) in [6.07, 6.45) is 5.80. The van der Waals surface area contributed by atoms with E-state index in [2.05, 4.69) is 27.2 Å². The Morgan fingerprint density at radius 1 is 1.02 bits per heavy atom. The number of rotatable bonds is 18. The number of carbonyl (C=O) groups is 1. The van der Waals surface area contributed by atoms with Crippen molar-refractivity contribution < 1.29 is 48.3 Å². The Bertz CT molecular complexity index is 1290. The van der Waals surface area contributed by atoms with Gasteiger partial charge in [0.25, 0.3) is 0 Å². The van der Waals surface area contributed by atoms with E-state index in [1.165, 1.54) is 49.4 Å². The Morgan fingerprint density at radius 3 is 2.28 bits per heavy atom. The molecule has 43 heavy (non-hydrogen) atoms. The minimum atomic E-state index is -4.74. The van der Waals surface area contributed by atoms with Gasteiger partial charge in [0, 0.05) is 6.16 Å². The highest BCUT2D eigenvalue weighted by Gasteiger charge is 2.45. The molecule has 0 aliphatic carbocycles. The third-order valence-electron chi connectivity index (χ3n) is 7.13. The number of imidazole rings is 1. The lowest BCUT2D eigenvalue weighted by Crippen LogP contribution is -2.32. The molecule has 1 aliphatic rings. The van der Waals surface area contributed by atoms with Crippen LogP contribution in [0.25, 0.3) is 11.2 Å². The lowest BCUT2D eigenvalue weighted by atomic mass is 10.1. The Balaban J connectivity index is 1.53. The number of hydrogen-bond acceptors (Lipinski definition) is 10. The zero-order chi connectivity index (χ0) is 31.6. The first kappa shape index (κ1) is 35.8. The van der Waals surface area contributed by atoms with Crippen molar-refractivity contribution in [1.82, 2.24) is 19.5 Å². The molecule has 244 valence electrons. The van der Waals surface area contributed by atoms with E-state index in [0.29, 0.717) is 0 Å². The van der Waals surface area contributed by atoms with Crippen LogP contribution in [-0.4, -0.2) is 87.5 Å². The average Bonchev–Trinajstić information content (AvgIpc) is 3.45. The van der Waals surface area contributed by atoms with E-state index in [0.717, 1.165) is 25.7 Å². The summed E-state index contributed by atoms with van der Waals surface area (Å²) in [7, 11) is -8.96. The van der Waals surface area contributed by atoms with Crippen LogP contribution in [0.4, 0.5) is 10.6 Å². The Hall–Kier alpha value is -1.67.